The van der Waals surface area contributed by atoms with Crippen molar-refractivity contribution in [2.45, 2.75) is 19.8 Å². The maximum Gasteiger partial charge on any atom is 0.208 e. The van der Waals surface area contributed by atoms with Gasteiger partial charge in [-0.1, -0.05) is 41.1 Å². The van der Waals surface area contributed by atoms with Crippen LogP contribution < -0.4 is 0 Å². The van der Waals surface area contributed by atoms with Crippen molar-refractivity contribution in [1.82, 2.24) is 0 Å². The van der Waals surface area contributed by atoms with Crippen molar-refractivity contribution in [3.63, 3.8) is 0 Å². The van der Waals surface area contributed by atoms with E-state index in [1.807, 2.05) is 6.21 Å². The molecule has 2 nitrogen and oxygen atoms in total. The van der Waals surface area contributed by atoms with Crippen molar-refractivity contribution in [1.29, 1.82) is 0 Å². The van der Waals surface area contributed by atoms with Crippen molar-refractivity contribution in [3.8, 4) is 0 Å². The van der Waals surface area contributed by atoms with Gasteiger partial charge in [0, 0.05) is 16.6 Å². The van der Waals surface area contributed by atoms with Crippen LogP contribution in [0, 0.1) is 11.8 Å². The predicted octanol–water partition coefficient (Wildman–Crippen LogP) is 3.81. The van der Waals surface area contributed by atoms with E-state index in [2.05, 4.69) is 52.2 Å². The summed E-state index contributed by atoms with van der Waals surface area (Å²) in [7, 11) is 0. The van der Waals surface area contributed by atoms with E-state index < -0.39 is 0 Å². The number of aliphatic imine (C=N–C) groups is 1. The van der Waals surface area contributed by atoms with Crippen LogP contribution in [0.3, 0.4) is 0 Å². The molecule has 2 rings (SSSR count). The van der Waals surface area contributed by atoms with E-state index in [9.17, 15) is 0 Å². The van der Waals surface area contributed by atoms with Gasteiger partial charge in [0.15, 0.2) is 0 Å². The molecule has 1 aliphatic heterocycles. The van der Waals surface area contributed by atoms with Crippen LogP contribution in [0.1, 0.15) is 19.8 Å². The van der Waals surface area contributed by atoms with E-state index in [4.69, 9.17) is 4.74 Å². The van der Waals surface area contributed by atoms with Gasteiger partial charge in [-0.25, -0.2) is 4.99 Å². The second kappa shape index (κ2) is 5.48. The molecule has 0 aromatic carbocycles. The van der Waals surface area contributed by atoms with Crippen LogP contribution in [0.25, 0.3) is 0 Å². The van der Waals surface area contributed by atoms with Crippen LogP contribution in [0.2, 0.25) is 0 Å². The Hall–Kier alpha value is -0.830. The van der Waals surface area contributed by atoms with Gasteiger partial charge in [-0.3, -0.25) is 0 Å². The molecular weight excluding hydrogens is 266 g/mol. The Morgan fingerprint density at radius 2 is 2.31 bits per heavy atom. The van der Waals surface area contributed by atoms with Crippen LogP contribution in [-0.2, 0) is 4.74 Å². The lowest BCUT2D eigenvalue weighted by molar-refractivity contribution is 0.179. The first-order valence-corrected chi connectivity index (χ1v) is 6.44. The van der Waals surface area contributed by atoms with Crippen LogP contribution in [0.5, 0.6) is 0 Å². The average Bonchev–Trinajstić information content (AvgIpc) is 2.30. The maximum absolute atomic E-state index is 5.67. The Labute approximate surface area is 105 Å². The summed E-state index contributed by atoms with van der Waals surface area (Å²) in [6.45, 7) is 2.87. The molecule has 0 bridgehead atoms. The summed E-state index contributed by atoms with van der Waals surface area (Å²) in [6, 6.07) is 0. The molecule has 16 heavy (non-hydrogen) atoms. The van der Waals surface area contributed by atoms with Gasteiger partial charge in [-0.15, -0.1) is 0 Å². The number of hydrogen-bond donors (Lipinski definition) is 0. The number of halogens is 1. The van der Waals surface area contributed by atoms with E-state index in [0.717, 1.165) is 23.2 Å². The standard InChI is InChI=1S/C13H16BrNO/c1-10-2-7-13(15-8-10)16-9-11-3-5-12(14)6-4-11/h3,5-8,10-11H,2,4,9H2,1H3. The third-order valence-corrected chi connectivity index (χ3v) is 3.30. The molecule has 1 heterocycles. The Kier molecular flexibility index (Phi) is 3.99. The third kappa shape index (κ3) is 3.34. The highest BCUT2D eigenvalue weighted by Crippen LogP contribution is 2.21. The Balaban J connectivity index is 1.77. The van der Waals surface area contributed by atoms with Crippen molar-refractivity contribution < 1.29 is 4.74 Å². The lowest BCUT2D eigenvalue weighted by Crippen LogP contribution is -2.10. The zero-order valence-electron chi connectivity index (χ0n) is 9.40. The van der Waals surface area contributed by atoms with Gasteiger partial charge in [-0.05, 0) is 24.8 Å². The lowest BCUT2D eigenvalue weighted by atomic mass is 10.0. The molecule has 2 atom stereocenters. The van der Waals surface area contributed by atoms with E-state index in [-0.39, 0.29) is 0 Å². The van der Waals surface area contributed by atoms with E-state index in [1.54, 1.807) is 0 Å². The van der Waals surface area contributed by atoms with Gasteiger partial charge >= 0.3 is 0 Å². The minimum Gasteiger partial charge on any atom is -0.477 e. The normalized spacial score (nSPS) is 28.6. The fourth-order valence-electron chi connectivity index (χ4n) is 1.65. The molecule has 0 aromatic rings. The monoisotopic (exact) mass is 281 g/mol. The van der Waals surface area contributed by atoms with Crippen LogP contribution in [-0.4, -0.2) is 12.8 Å². The summed E-state index contributed by atoms with van der Waals surface area (Å²) in [4.78, 5) is 4.27. The average molecular weight is 282 g/mol. The minimum absolute atomic E-state index is 0.469. The number of hydrogen-bond acceptors (Lipinski definition) is 2. The molecule has 0 N–H and O–H groups in total. The van der Waals surface area contributed by atoms with Gasteiger partial charge in [0.25, 0.3) is 0 Å². The second-order valence-electron chi connectivity index (χ2n) is 4.29. The zero-order valence-corrected chi connectivity index (χ0v) is 11.0. The molecule has 3 heteroatoms. The molecule has 1 aliphatic carbocycles. The molecular formula is C13H16BrNO. The summed E-state index contributed by atoms with van der Waals surface area (Å²) < 4.78 is 6.83. The van der Waals surface area contributed by atoms with E-state index in [0.29, 0.717) is 18.4 Å². The highest BCUT2D eigenvalue weighted by Gasteiger charge is 2.11. The smallest absolute Gasteiger partial charge is 0.208 e. The Morgan fingerprint density at radius 3 is 2.94 bits per heavy atom. The highest BCUT2D eigenvalue weighted by molar-refractivity contribution is 9.11. The van der Waals surface area contributed by atoms with Crippen LogP contribution in [0.15, 0.2) is 39.7 Å². The van der Waals surface area contributed by atoms with Crippen molar-refractivity contribution in [3.05, 3.63) is 34.7 Å². The molecule has 0 saturated heterocycles. The number of rotatable bonds is 3. The third-order valence-electron chi connectivity index (χ3n) is 2.71. The molecule has 86 valence electrons. The van der Waals surface area contributed by atoms with Gasteiger partial charge in [0.1, 0.15) is 0 Å². The molecule has 2 unspecified atom stereocenters. The van der Waals surface area contributed by atoms with Gasteiger partial charge in [0.2, 0.25) is 5.88 Å². The summed E-state index contributed by atoms with van der Waals surface area (Å²) in [5, 5.41) is 0. The summed E-state index contributed by atoms with van der Waals surface area (Å²) in [6.07, 6.45) is 12.5. The quantitative estimate of drug-likeness (QED) is 0.771. The van der Waals surface area contributed by atoms with E-state index in [1.165, 1.54) is 0 Å². The van der Waals surface area contributed by atoms with Gasteiger partial charge < -0.3 is 4.74 Å². The minimum atomic E-state index is 0.469. The molecule has 0 amide bonds. The maximum atomic E-state index is 5.67. The fourth-order valence-corrected chi connectivity index (χ4v) is 1.99. The van der Waals surface area contributed by atoms with Crippen LogP contribution >= 0.6 is 15.9 Å². The fraction of sp³-hybridized carbons (Fsp3) is 0.462. The first kappa shape index (κ1) is 11.6. The summed E-state index contributed by atoms with van der Waals surface area (Å²) >= 11 is 3.45. The first-order chi connectivity index (χ1) is 7.74. The molecule has 0 radical (unpaired) electrons. The Bertz CT molecular complexity index is 368. The van der Waals surface area contributed by atoms with Gasteiger partial charge in [0.05, 0.1) is 6.61 Å². The molecule has 2 aliphatic rings. The number of allylic oxidation sites excluding steroid dienone is 4. The van der Waals surface area contributed by atoms with Crippen molar-refractivity contribution >= 4 is 22.1 Å². The predicted molar refractivity (Wildman–Crippen MR) is 70.6 cm³/mol. The summed E-state index contributed by atoms with van der Waals surface area (Å²) in [5.74, 6) is 1.79. The molecule has 0 spiro atoms. The molecule has 0 saturated carbocycles. The molecule has 0 aromatic heterocycles. The van der Waals surface area contributed by atoms with E-state index >= 15 is 0 Å². The number of ether oxygens (including phenoxy) is 1. The number of nitrogens with zero attached hydrogens (tertiary/aromatic N) is 1. The second-order valence-corrected chi connectivity index (χ2v) is 5.20. The molecule has 0 fully saturated rings. The first-order valence-electron chi connectivity index (χ1n) is 5.65. The van der Waals surface area contributed by atoms with Crippen molar-refractivity contribution in [2.24, 2.45) is 16.8 Å². The van der Waals surface area contributed by atoms with Crippen molar-refractivity contribution in [2.75, 3.05) is 6.61 Å². The Morgan fingerprint density at radius 1 is 1.44 bits per heavy atom. The SMILES string of the molecule is CC1C=NC(OCC2C=CC(Br)=CC2)=CC1. The lowest BCUT2D eigenvalue weighted by Gasteiger charge is -2.17. The largest absolute Gasteiger partial charge is 0.477 e. The zero-order chi connectivity index (χ0) is 11.4. The van der Waals surface area contributed by atoms with Crippen LogP contribution in [0.4, 0.5) is 0 Å². The topological polar surface area (TPSA) is 21.6 Å². The highest BCUT2D eigenvalue weighted by atomic mass is 79.9. The summed E-state index contributed by atoms with van der Waals surface area (Å²) in [5.41, 5.74) is 0. The van der Waals surface area contributed by atoms with Gasteiger partial charge in [-0.2, -0.15) is 0 Å².